The number of rotatable bonds is 4. The third-order valence-corrected chi connectivity index (χ3v) is 2.30. The first-order chi connectivity index (χ1) is 7.08. The van der Waals surface area contributed by atoms with E-state index in [1.54, 1.807) is 6.92 Å². The summed E-state index contributed by atoms with van der Waals surface area (Å²) in [5, 5.41) is 0. The molecule has 0 amide bonds. The number of nitrogens with zero attached hydrogens (tertiary/aromatic N) is 2. The van der Waals surface area contributed by atoms with Crippen LogP contribution < -0.4 is 9.47 Å². The lowest BCUT2D eigenvalue weighted by molar-refractivity contribution is 0.363. The van der Waals surface area contributed by atoms with E-state index >= 15 is 0 Å². The van der Waals surface area contributed by atoms with Crippen molar-refractivity contribution in [3.63, 3.8) is 0 Å². The average Bonchev–Trinajstić information content (AvgIpc) is 2.19. The van der Waals surface area contributed by atoms with Gasteiger partial charge in [-0.1, -0.05) is 0 Å². The van der Waals surface area contributed by atoms with E-state index < -0.39 is 10.7 Å². The second-order valence-electron chi connectivity index (χ2n) is 2.77. The van der Waals surface area contributed by atoms with Crippen LogP contribution in [0.1, 0.15) is 11.4 Å². The molecule has 0 aliphatic heterocycles. The molecule has 0 aliphatic rings. The molecule has 0 unspecified atom stereocenters. The lowest BCUT2D eigenvalue weighted by atomic mass is 10.3. The zero-order valence-electron chi connectivity index (χ0n) is 8.68. The molecule has 0 aliphatic carbocycles. The van der Waals surface area contributed by atoms with Crippen molar-refractivity contribution in [1.82, 2.24) is 9.97 Å². The fourth-order valence-corrected chi connectivity index (χ4v) is 1.47. The van der Waals surface area contributed by atoms with E-state index in [9.17, 15) is 8.42 Å². The minimum Gasteiger partial charge on any atom is -0.481 e. The molecule has 15 heavy (non-hydrogen) atoms. The zero-order valence-corrected chi connectivity index (χ0v) is 9.58. The summed E-state index contributed by atoms with van der Waals surface area (Å²) in [5.74, 6) is 0.607. The Labute approximate surface area is 89.2 Å². The van der Waals surface area contributed by atoms with Crippen molar-refractivity contribution in [2.24, 2.45) is 0 Å². The molecule has 0 bridgehead atoms. The number of hydrogen-bond donors (Lipinski definition) is 1. The molecular weight excluding hydrogens is 220 g/mol. The van der Waals surface area contributed by atoms with Crippen molar-refractivity contribution in [3.8, 4) is 11.8 Å². The van der Waals surface area contributed by atoms with Gasteiger partial charge in [-0.3, -0.25) is 0 Å². The summed E-state index contributed by atoms with van der Waals surface area (Å²) in [6.45, 7) is 1.73. The van der Waals surface area contributed by atoms with Gasteiger partial charge in [-0.05, 0) is 6.92 Å². The molecule has 1 heterocycles. The summed E-state index contributed by atoms with van der Waals surface area (Å²) >= 11 is 0. The normalized spacial score (nSPS) is 10.4. The van der Waals surface area contributed by atoms with Crippen LogP contribution in [0.15, 0.2) is 0 Å². The minimum atomic E-state index is -2.56. The van der Waals surface area contributed by atoms with Gasteiger partial charge in [0.05, 0.1) is 19.8 Å². The molecule has 1 rings (SSSR count). The molecule has 1 aromatic rings. The Bertz CT molecular complexity index is 398. The average molecular weight is 232 g/mol. The molecule has 0 N–H and O–H groups in total. The van der Waals surface area contributed by atoms with Crippen molar-refractivity contribution in [2.45, 2.75) is 12.7 Å². The molecule has 0 saturated heterocycles. The standard InChI is InChI=1S/C8H12N2O4S/c1-5-7(13-2)9-6(4-15(11)12)10-8(5)14-3/h15H,4H2,1-3H3. The van der Waals surface area contributed by atoms with Crippen LogP contribution in [0.4, 0.5) is 0 Å². The number of ether oxygens (including phenoxy) is 2. The topological polar surface area (TPSA) is 78.4 Å². The predicted octanol–water partition coefficient (Wildman–Crippen LogP) is -0.0864. The van der Waals surface area contributed by atoms with Crippen LogP contribution in [-0.2, 0) is 16.5 Å². The van der Waals surface area contributed by atoms with Crippen LogP contribution in [0.5, 0.6) is 11.8 Å². The van der Waals surface area contributed by atoms with Gasteiger partial charge in [0.25, 0.3) is 0 Å². The molecule has 0 radical (unpaired) electrons. The summed E-state index contributed by atoms with van der Waals surface area (Å²) < 4.78 is 31.0. The molecule has 0 fully saturated rings. The molecule has 84 valence electrons. The third kappa shape index (κ3) is 2.79. The van der Waals surface area contributed by atoms with Crippen molar-refractivity contribution in [2.75, 3.05) is 14.2 Å². The van der Waals surface area contributed by atoms with Gasteiger partial charge in [0.15, 0.2) is 5.82 Å². The van der Waals surface area contributed by atoms with E-state index in [0.717, 1.165) is 0 Å². The van der Waals surface area contributed by atoms with Crippen molar-refractivity contribution < 1.29 is 17.9 Å². The Morgan fingerprint density at radius 2 is 1.60 bits per heavy atom. The molecule has 0 spiro atoms. The number of methoxy groups -OCH3 is 2. The second-order valence-corrected chi connectivity index (χ2v) is 3.76. The molecule has 7 heteroatoms. The largest absolute Gasteiger partial charge is 0.481 e. The summed E-state index contributed by atoms with van der Waals surface area (Å²) in [6, 6.07) is 0. The van der Waals surface area contributed by atoms with Gasteiger partial charge in [-0.2, -0.15) is 9.97 Å². The van der Waals surface area contributed by atoms with E-state index in [2.05, 4.69) is 9.97 Å². The van der Waals surface area contributed by atoms with Crippen LogP contribution in [-0.4, -0.2) is 32.6 Å². The maximum Gasteiger partial charge on any atom is 0.223 e. The Hall–Kier alpha value is -1.37. The molecule has 6 nitrogen and oxygen atoms in total. The molecule has 0 atom stereocenters. The van der Waals surface area contributed by atoms with Crippen molar-refractivity contribution in [3.05, 3.63) is 11.4 Å². The van der Waals surface area contributed by atoms with Crippen molar-refractivity contribution >= 4 is 10.7 Å². The zero-order chi connectivity index (χ0) is 11.4. The van der Waals surface area contributed by atoms with Gasteiger partial charge in [0, 0.05) is 0 Å². The fraction of sp³-hybridized carbons (Fsp3) is 0.500. The summed E-state index contributed by atoms with van der Waals surface area (Å²) in [4.78, 5) is 7.88. The SMILES string of the molecule is COc1nc(C[SH](=O)=O)nc(OC)c1C. The molecule has 0 saturated carbocycles. The Balaban J connectivity index is 3.20. The Kier molecular flexibility index (Phi) is 3.84. The first-order valence-corrected chi connectivity index (χ1v) is 5.52. The smallest absolute Gasteiger partial charge is 0.223 e. The van der Waals surface area contributed by atoms with Crippen LogP contribution in [0.3, 0.4) is 0 Å². The maximum atomic E-state index is 10.5. The summed E-state index contributed by atoms with van der Waals surface area (Å²) in [6.07, 6.45) is 0. The molecular formula is C8H12N2O4S. The highest BCUT2D eigenvalue weighted by molar-refractivity contribution is 7.71. The lowest BCUT2D eigenvalue weighted by Crippen LogP contribution is -2.04. The Morgan fingerprint density at radius 3 is 1.93 bits per heavy atom. The number of thiol groups is 1. The highest BCUT2D eigenvalue weighted by Crippen LogP contribution is 2.23. The first-order valence-electron chi connectivity index (χ1n) is 4.15. The van der Waals surface area contributed by atoms with Gasteiger partial charge in [-0.15, -0.1) is 0 Å². The van der Waals surface area contributed by atoms with Crippen LogP contribution in [0.2, 0.25) is 0 Å². The van der Waals surface area contributed by atoms with E-state index in [1.165, 1.54) is 14.2 Å². The summed E-state index contributed by atoms with van der Waals surface area (Å²) in [5.41, 5.74) is 0.643. The lowest BCUT2D eigenvalue weighted by Gasteiger charge is -2.08. The van der Waals surface area contributed by atoms with Crippen LogP contribution >= 0.6 is 0 Å². The highest BCUT2D eigenvalue weighted by atomic mass is 32.2. The Morgan fingerprint density at radius 1 is 1.13 bits per heavy atom. The van der Waals surface area contributed by atoms with E-state index in [4.69, 9.17) is 9.47 Å². The van der Waals surface area contributed by atoms with E-state index in [-0.39, 0.29) is 11.6 Å². The monoisotopic (exact) mass is 232 g/mol. The van der Waals surface area contributed by atoms with Gasteiger partial charge in [0.2, 0.25) is 11.8 Å². The third-order valence-electron chi connectivity index (χ3n) is 1.76. The van der Waals surface area contributed by atoms with Gasteiger partial charge >= 0.3 is 0 Å². The van der Waals surface area contributed by atoms with Crippen LogP contribution in [0.25, 0.3) is 0 Å². The molecule has 0 aromatic carbocycles. The number of aromatic nitrogens is 2. The first kappa shape index (κ1) is 11.7. The second kappa shape index (κ2) is 4.92. The van der Waals surface area contributed by atoms with Crippen LogP contribution in [0, 0.1) is 6.92 Å². The fourth-order valence-electron chi connectivity index (χ4n) is 1.10. The van der Waals surface area contributed by atoms with Gasteiger partial charge < -0.3 is 9.47 Å². The summed E-state index contributed by atoms with van der Waals surface area (Å²) in [7, 11) is 0.351. The predicted molar refractivity (Wildman–Crippen MR) is 53.9 cm³/mol. The van der Waals surface area contributed by atoms with Crippen molar-refractivity contribution in [1.29, 1.82) is 0 Å². The maximum absolute atomic E-state index is 10.5. The van der Waals surface area contributed by atoms with E-state index in [1.807, 2.05) is 0 Å². The number of hydrogen-bond acceptors (Lipinski definition) is 6. The van der Waals surface area contributed by atoms with Gasteiger partial charge in [0.1, 0.15) is 16.5 Å². The molecule has 1 aromatic heterocycles. The van der Waals surface area contributed by atoms with E-state index in [0.29, 0.717) is 17.3 Å². The quantitative estimate of drug-likeness (QED) is 0.731. The minimum absolute atomic E-state index is 0.172. The highest BCUT2D eigenvalue weighted by Gasteiger charge is 2.11. The van der Waals surface area contributed by atoms with Gasteiger partial charge in [-0.25, -0.2) is 8.42 Å².